The van der Waals surface area contributed by atoms with Gasteiger partial charge in [-0.1, -0.05) is 25.5 Å². The number of rotatable bonds is 3. The minimum atomic E-state index is -1.25. The highest BCUT2D eigenvalue weighted by Gasteiger charge is 2.62. The van der Waals surface area contributed by atoms with Crippen molar-refractivity contribution in [1.82, 2.24) is 0 Å². The van der Waals surface area contributed by atoms with Crippen LogP contribution in [0.4, 0.5) is 4.39 Å². The molecule has 1 aromatic rings. The first kappa shape index (κ1) is 13.6. The molecule has 20 heavy (non-hydrogen) atoms. The Bertz CT molecular complexity index is 566. The van der Waals surface area contributed by atoms with E-state index in [1.54, 1.807) is 12.1 Å². The van der Waals surface area contributed by atoms with Crippen molar-refractivity contribution in [3.63, 3.8) is 0 Å². The maximum Gasteiger partial charge on any atom is 0.123 e. The highest BCUT2D eigenvalue weighted by atomic mass is 19.1. The molecule has 2 fully saturated rings. The van der Waals surface area contributed by atoms with Gasteiger partial charge in [-0.3, -0.25) is 0 Å². The lowest BCUT2D eigenvalue weighted by Crippen LogP contribution is -2.48. The van der Waals surface area contributed by atoms with E-state index in [2.05, 4.69) is 6.07 Å². The van der Waals surface area contributed by atoms with Gasteiger partial charge in [0.2, 0.25) is 0 Å². The number of nitrogens with zero attached hydrogens (tertiary/aromatic N) is 1. The lowest BCUT2D eigenvalue weighted by Gasteiger charge is -2.45. The zero-order valence-corrected chi connectivity index (χ0v) is 11.8. The van der Waals surface area contributed by atoms with Crippen LogP contribution in [0.3, 0.4) is 0 Å². The van der Waals surface area contributed by atoms with Crippen LogP contribution in [-0.2, 0) is 5.60 Å². The smallest absolute Gasteiger partial charge is 0.123 e. The fourth-order valence-electron chi connectivity index (χ4n) is 4.59. The number of hydrogen-bond acceptors (Lipinski definition) is 2. The summed E-state index contributed by atoms with van der Waals surface area (Å²) in [5.41, 5.74) is -1.45. The molecule has 4 unspecified atom stereocenters. The summed E-state index contributed by atoms with van der Waals surface area (Å²) in [5.74, 6) is 0.433. The van der Waals surface area contributed by atoms with Gasteiger partial charge in [0.05, 0.1) is 11.5 Å². The lowest BCUT2D eigenvalue weighted by molar-refractivity contribution is -0.0917. The van der Waals surface area contributed by atoms with E-state index in [9.17, 15) is 14.8 Å². The number of fused-ring (bicyclic) bond motifs is 2. The third-order valence-corrected chi connectivity index (χ3v) is 5.60. The maximum atomic E-state index is 13.5. The number of nitriles is 1. The molecule has 3 rings (SSSR count). The van der Waals surface area contributed by atoms with Crippen molar-refractivity contribution >= 4 is 0 Å². The van der Waals surface area contributed by atoms with Crippen molar-refractivity contribution in [3.05, 3.63) is 35.6 Å². The fraction of sp³-hybridized carbons (Fsp3) is 0.588. The molecule has 2 bridgehead atoms. The Hall–Kier alpha value is -1.40. The molecule has 0 saturated heterocycles. The minimum absolute atomic E-state index is 0.241. The van der Waals surface area contributed by atoms with Gasteiger partial charge >= 0.3 is 0 Å². The molecule has 4 atom stereocenters. The third-order valence-electron chi connectivity index (χ3n) is 5.60. The highest BCUT2D eigenvalue weighted by Crippen LogP contribution is 2.63. The summed E-state index contributed by atoms with van der Waals surface area (Å²) < 4.78 is 13.5. The summed E-state index contributed by atoms with van der Waals surface area (Å²) >= 11 is 0. The average Bonchev–Trinajstić information content (AvgIpc) is 3.07. The second kappa shape index (κ2) is 4.56. The van der Waals surface area contributed by atoms with Crippen LogP contribution < -0.4 is 0 Å². The quantitative estimate of drug-likeness (QED) is 0.911. The summed E-state index contributed by atoms with van der Waals surface area (Å²) in [6, 6.07) is 8.57. The summed E-state index contributed by atoms with van der Waals surface area (Å²) in [6.07, 6.45) is 4.39. The van der Waals surface area contributed by atoms with Gasteiger partial charge in [0, 0.05) is 0 Å². The van der Waals surface area contributed by atoms with E-state index in [4.69, 9.17) is 0 Å². The van der Waals surface area contributed by atoms with Crippen LogP contribution in [0.25, 0.3) is 0 Å². The summed E-state index contributed by atoms with van der Waals surface area (Å²) in [5, 5.41) is 21.1. The topological polar surface area (TPSA) is 44.0 Å². The summed E-state index contributed by atoms with van der Waals surface area (Å²) in [6.45, 7) is 1.88. The zero-order chi connectivity index (χ0) is 14.4. The molecule has 0 spiro atoms. The summed E-state index contributed by atoms with van der Waals surface area (Å²) in [4.78, 5) is 0. The molecule has 2 aliphatic rings. The first-order valence-corrected chi connectivity index (χ1v) is 7.45. The molecule has 2 aliphatic carbocycles. The van der Waals surface area contributed by atoms with Gasteiger partial charge in [0.1, 0.15) is 11.4 Å². The highest BCUT2D eigenvalue weighted by molar-refractivity contribution is 5.32. The number of halogens is 1. The van der Waals surface area contributed by atoms with Crippen molar-refractivity contribution in [1.29, 1.82) is 5.26 Å². The van der Waals surface area contributed by atoms with Crippen LogP contribution in [0.1, 0.15) is 44.6 Å². The molecule has 0 radical (unpaired) electrons. The van der Waals surface area contributed by atoms with E-state index >= 15 is 0 Å². The standard InChI is InChI=1S/C17H20FNO/c1-2-17(20,14-4-3-5-15(18)9-14)16(11-19)10-12-6-7-13(16)8-12/h3-5,9,12-13,20H,2,6-8,10H2,1H3. The van der Waals surface area contributed by atoms with Crippen LogP contribution in [-0.4, -0.2) is 5.11 Å². The van der Waals surface area contributed by atoms with E-state index in [0.29, 0.717) is 17.9 Å². The Labute approximate surface area is 119 Å². The fourth-order valence-corrected chi connectivity index (χ4v) is 4.59. The van der Waals surface area contributed by atoms with Gasteiger partial charge < -0.3 is 5.11 Å². The molecule has 3 heteroatoms. The molecule has 1 N–H and O–H groups in total. The Kier molecular flexibility index (Phi) is 3.10. The van der Waals surface area contributed by atoms with Crippen molar-refractivity contribution < 1.29 is 9.50 Å². The number of hydrogen-bond donors (Lipinski definition) is 1. The van der Waals surface area contributed by atoms with Gasteiger partial charge in [0.15, 0.2) is 0 Å². The molecule has 0 heterocycles. The van der Waals surface area contributed by atoms with Gasteiger partial charge in [-0.15, -0.1) is 0 Å². The Morgan fingerprint density at radius 3 is 2.80 bits per heavy atom. The molecule has 0 aromatic heterocycles. The van der Waals surface area contributed by atoms with Gasteiger partial charge in [0.25, 0.3) is 0 Å². The second-order valence-corrected chi connectivity index (χ2v) is 6.39. The largest absolute Gasteiger partial charge is 0.383 e. The van der Waals surface area contributed by atoms with E-state index < -0.39 is 11.0 Å². The van der Waals surface area contributed by atoms with E-state index in [1.807, 2.05) is 6.92 Å². The predicted octanol–water partition coefficient (Wildman–Crippen LogP) is 3.75. The van der Waals surface area contributed by atoms with Crippen LogP contribution in [0.15, 0.2) is 24.3 Å². The molecular formula is C17H20FNO. The second-order valence-electron chi connectivity index (χ2n) is 6.39. The first-order chi connectivity index (χ1) is 9.55. The van der Waals surface area contributed by atoms with Crippen molar-refractivity contribution in [2.45, 2.75) is 44.6 Å². The molecule has 0 aliphatic heterocycles. The zero-order valence-electron chi connectivity index (χ0n) is 11.8. The van der Waals surface area contributed by atoms with Gasteiger partial charge in [-0.2, -0.15) is 5.26 Å². The van der Waals surface area contributed by atoms with Crippen LogP contribution in [0.5, 0.6) is 0 Å². The molecule has 1 aromatic carbocycles. The molecule has 0 amide bonds. The van der Waals surface area contributed by atoms with Crippen LogP contribution in [0, 0.1) is 34.4 Å². The van der Waals surface area contributed by atoms with E-state index in [0.717, 1.165) is 25.7 Å². The Morgan fingerprint density at radius 2 is 2.30 bits per heavy atom. The van der Waals surface area contributed by atoms with E-state index in [1.165, 1.54) is 12.1 Å². The average molecular weight is 273 g/mol. The normalized spacial score (nSPS) is 34.7. The Morgan fingerprint density at radius 1 is 1.50 bits per heavy atom. The van der Waals surface area contributed by atoms with Crippen molar-refractivity contribution in [3.8, 4) is 6.07 Å². The van der Waals surface area contributed by atoms with Crippen LogP contribution in [0.2, 0.25) is 0 Å². The summed E-state index contributed by atoms with van der Waals surface area (Å²) in [7, 11) is 0. The minimum Gasteiger partial charge on any atom is -0.383 e. The number of aliphatic hydroxyl groups is 1. The van der Waals surface area contributed by atoms with Crippen LogP contribution >= 0.6 is 0 Å². The predicted molar refractivity (Wildman–Crippen MR) is 74.1 cm³/mol. The lowest BCUT2D eigenvalue weighted by atomic mass is 9.60. The molecular weight excluding hydrogens is 253 g/mol. The van der Waals surface area contributed by atoms with Crippen molar-refractivity contribution in [2.24, 2.45) is 17.3 Å². The van der Waals surface area contributed by atoms with E-state index in [-0.39, 0.29) is 11.7 Å². The van der Waals surface area contributed by atoms with Crippen molar-refractivity contribution in [2.75, 3.05) is 0 Å². The van der Waals surface area contributed by atoms with Gasteiger partial charge in [-0.05, 0) is 55.2 Å². The number of benzene rings is 1. The third kappa shape index (κ3) is 1.64. The monoisotopic (exact) mass is 273 g/mol. The first-order valence-electron chi connectivity index (χ1n) is 7.45. The molecule has 106 valence electrons. The maximum absolute atomic E-state index is 13.5. The molecule has 2 saturated carbocycles. The van der Waals surface area contributed by atoms with Gasteiger partial charge in [-0.25, -0.2) is 4.39 Å². The molecule has 2 nitrogen and oxygen atoms in total. The Balaban J connectivity index is 2.10. The SMILES string of the molecule is CCC(O)(c1cccc(F)c1)C1(C#N)CC2CCC1C2.